The number of hydrogen-bond acceptors (Lipinski definition) is 3. The first-order valence-electron chi connectivity index (χ1n) is 6.22. The Kier molecular flexibility index (Phi) is 6.05. The first kappa shape index (κ1) is 14.9. The van der Waals surface area contributed by atoms with E-state index in [1.54, 1.807) is 12.1 Å². The lowest BCUT2D eigenvalue weighted by Gasteiger charge is -2.12. The number of phenols is 1. The second-order valence-electron chi connectivity index (χ2n) is 4.73. The number of amides is 1. The molecule has 4 heteroatoms. The highest BCUT2D eigenvalue weighted by atomic mass is 32.2. The number of carbonyl (C=O) groups is 1. The molecule has 0 saturated carbocycles. The van der Waals surface area contributed by atoms with Crippen LogP contribution >= 0.6 is 11.8 Å². The number of thioether (sulfide) groups is 1. The van der Waals surface area contributed by atoms with Crippen molar-refractivity contribution in [3.8, 4) is 5.75 Å². The normalized spacial score (nSPS) is 12.4. The molecule has 3 nitrogen and oxygen atoms in total. The van der Waals surface area contributed by atoms with Crippen LogP contribution in [0.2, 0.25) is 0 Å². The molecule has 0 aromatic heterocycles. The van der Waals surface area contributed by atoms with Crippen LogP contribution in [-0.4, -0.2) is 22.8 Å². The number of aromatic hydroxyl groups is 1. The maximum absolute atomic E-state index is 11.8. The van der Waals surface area contributed by atoms with E-state index in [0.717, 1.165) is 17.9 Å². The molecule has 2 N–H and O–H groups in total. The molecule has 1 rings (SSSR count). The van der Waals surface area contributed by atoms with Crippen LogP contribution in [-0.2, 0) is 4.79 Å². The smallest absolute Gasteiger partial charge is 0.233 e. The maximum Gasteiger partial charge on any atom is 0.233 e. The molecule has 0 aliphatic rings. The van der Waals surface area contributed by atoms with E-state index < -0.39 is 0 Å². The van der Waals surface area contributed by atoms with Crippen molar-refractivity contribution in [3.05, 3.63) is 24.3 Å². The van der Waals surface area contributed by atoms with Gasteiger partial charge in [0.1, 0.15) is 5.75 Å². The van der Waals surface area contributed by atoms with Crippen LogP contribution in [0.25, 0.3) is 0 Å². The van der Waals surface area contributed by atoms with Gasteiger partial charge in [-0.3, -0.25) is 4.79 Å². The van der Waals surface area contributed by atoms with Gasteiger partial charge in [-0.1, -0.05) is 13.8 Å². The topological polar surface area (TPSA) is 49.3 Å². The van der Waals surface area contributed by atoms with Crippen LogP contribution in [0.5, 0.6) is 5.75 Å². The van der Waals surface area contributed by atoms with Crippen LogP contribution in [0.3, 0.4) is 0 Å². The zero-order chi connectivity index (χ0) is 13.5. The zero-order valence-electron chi connectivity index (χ0n) is 11.1. The van der Waals surface area contributed by atoms with Gasteiger partial charge < -0.3 is 10.4 Å². The highest BCUT2D eigenvalue weighted by Crippen LogP contribution is 2.24. The molecule has 0 spiro atoms. The molecular weight excluding hydrogens is 246 g/mol. The summed E-state index contributed by atoms with van der Waals surface area (Å²) in [5, 5.41) is 12.0. The third-order valence-electron chi connectivity index (χ3n) is 2.54. The Labute approximate surface area is 113 Å². The van der Waals surface area contributed by atoms with Crippen molar-refractivity contribution in [2.24, 2.45) is 5.92 Å². The van der Waals surface area contributed by atoms with Crippen LogP contribution in [0.4, 0.5) is 0 Å². The van der Waals surface area contributed by atoms with Gasteiger partial charge in [-0.05, 0) is 43.5 Å². The predicted molar refractivity (Wildman–Crippen MR) is 75.9 cm³/mol. The Morgan fingerprint density at radius 3 is 2.44 bits per heavy atom. The summed E-state index contributed by atoms with van der Waals surface area (Å²) in [6.07, 6.45) is 1.00. The third kappa shape index (κ3) is 5.45. The van der Waals surface area contributed by atoms with Gasteiger partial charge >= 0.3 is 0 Å². The van der Waals surface area contributed by atoms with Crippen LogP contribution < -0.4 is 5.32 Å². The lowest BCUT2D eigenvalue weighted by molar-refractivity contribution is -0.120. The number of hydrogen-bond donors (Lipinski definition) is 2. The number of nitrogens with one attached hydrogen (secondary N) is 1. The van der Waals surface area contributed by atoms with E-state index in [1.807, 2.05) is 19.1 Å². The highest BCUT2D eigenvalue weighted by molar-refractivity contribution is 8.00. The fourth-order valence-electron chi connectivity index (χ4n) is 1.41. The van der Waals surface area contributed by atoms with Gasteiger partial charge in [-0.25, -0.2) is 0 Å². The van der Waals surface area contributed by atoms with Crippen molar-refractivity contribution < 1.29 is 9.90 Å². The van der Waals surface area contributed by atoms with Gasteiger partial charge in [0, 0.05) is 11.4 Å². The monoisotopic (exact) mass is 267 g/mol. The Balaban J connectivity index is 2.37. The summed E-state index contributed by atoms with van der Waals surface area (Å²) in [6, 6.07) is 6.90. The molecular formula is C14H21NO2S. The van der Waals surface area contributed by atoms with Crippen molar-refractivity contribution >= 4 is 17.7 Å². The van der Waals surface area contributed by atoms with E-state index in [1.165, 1.54) is 11.8 Å². The van der Waals surface area contributed by atoms with Gasteiger partial charge in [-0.15, -0.1) is 11.8 Å². The summed E-state index contributed by atoms with van der Waals surface area (Å²) >= 11 is 1.50. The molecule has 0 aliphatic carbocycles. The van der Waals surface area contributed by atoms with Crippen molar-refractivity contribution in [3.63, 3.8) is 0 Å². The van der Waals surface area contributed by atoms with Gasteiger partial charge in [0.25, 0.3) is 0 Å². The first-order chi connectivity index (χ1) is 8.49. The molecule has 0 aliphatic heterocycles. The lowest BCUT2D eigenvalue weighted by Crippen LogP contribution is -2.32. The maximum atomic E-state index is 11.8. The summed E-state index contributed by atoms with van der Waals surface area (Å²) in [5.74, 6) is 0.910. The molecule has 0 unspecified atom stereocenters. The minimum Gasteiger partial charge on any atom is -0.508 e. The minimum absolute atomic E-state index is 0.0636. The fourth-order valence-corrected chi connectivity index (χ4v) is 2.30. The Morgan fingerprint density at radius 2 is 1.89 bits per heavy atom. The fraction of sp³-hybridized carbons (Fsp3) is 0.500. The molecule has 1 atom stereocenters. The standard InChI is InChI=1S/C14H21NO2S/c1-10(2)8-9-15-14(17)11(3)18-13-6-4-12(16)5-7-13/h4-7,10-11,16H,8-9H2,1-3H3,(H,15,17)/t11-/m0/s1. The Hall–Kier alpha value is -1.16. The SMILES string of the molecule is CC(C)CCNC(=O)[C@H](C)Sc1ccc(O)cc1. The second kappa shape index (κ2) is 7.31. The molecule has 0 heterocycles. The average Bonchev–Trinajstić information content (AvgIpc) is 2.31. The molecule has 0 radical (unpaired) electrons. The molecule has 0 bridgehead atoms. The van der Waals surface area contributed by atoms with Crippen LogP contribution in [0.1, 0.15) is 27.2 Å². The molecule has 0 fully saturated rings. The average molecular weight is 267 g/mol. The lowest BCUT2D eigenvalue weighted by atomic mass is 10.1. The van der Waals surface area contributed by atoms with E-state index >= 15 is 0 Å². The molecule has 1 amide bonds. The Morgan fingerprint density at radius 1 is 1.28 bits per heavy atom. The van der Waals surface area contributed by atoms with Crippen molar-refractivity contribution in [1.29, 1.82) is 0 Å². The quantitative estimate of drug-likeness (QED) is 0.779. The van der Waals surface area contributed by atoms with E-state index in [2.05, 4.69) is 19.2 Å². The minimum atomic E-state index is -0.123. The zero-order valence-corrected chi connectivity index (χ0v) is 12.0. The summed E-state index contributed by atoms with van der Waals surface area (Å²) < 4.78 is 0. The molecule has 18 heavy (non-hydrogen) atoms. The summed E-state index contributed by atoms with van der Waals surface area (Å²) in [5.41, 5.74) is 0. The molecule has 100 valence electrons. The predicted octanol–water partition coefficient (Wildman–Crippen LogP) is 3.04. The van der Waals surface area contributed by atoms with Crippen molar-refractivity contribution in [2.45, 2.75) is 37.3 Å². The number of phenolic OH excluding ortho intramolecular Hbond substituents is 1. The number of rotatable bonds is 6. The van der Waals surface area contributed by atoms with Crippen LogP contribution in [0, 0.1) is 5.92 Å². The summed E-state index contributed by atoms with van der Waals surface area (Å²) in [7, 11) is 0. The summed E-state index contributed by atoms with van der Waals surface area (Å²) in [4.78, 5) is 12.8. The van der Waals surface area contributed by atoms with Gasteiger partial charge in [0.15, 0.2) is 0 Å². The van der Waals surface area contributed by atoms with E-state index in [-0.39, 0.29) is 16.9 Å². The van der Waals surface area contributed by atoms with Crippen molar-refractivity contribution in [2.75, 3.05) is 6.54 Å². The largest absolute Gasteiger partial charge is 0.508 e. The summed E-state index contributed by atoms with van der Waals surface area (Å²) in [6.45, 7) is 6.90. The van der Waals surface area contributed by atoms with E-state index in [0.29, 0.717) is 5.92 Å². The second-order valence-corrected chi connectivity index (χ2v) is 6.14. The van der Waals surface area contributed by atoms with Crippen molar-refractivity contribution in [1.82, 2.24) is 5.32 Å². The Bertz CT molecular complexity index is 376. The van der Waals surface area contributed by atoms with Gasteiger partial charge in [-0.2, -0.15) is 0 Å². The number of carbonyl (C=O) groups excluding carboxylic acids is 1. The molecule has 1 aromatic carbocycles. The van der Waals surface area contributed by atoms with E-state index in [4.69, 9.17) is 0 Å². The van der Waals surface area contributed by atoms with Crippen LogP contribution in [0.15, 0.2) is 29.2 Å². The number of benzene rings is 1. The first-order valence-corrected chi connectivity index (χ1v) is 7.10. The molecule has 1 aromatic rings. The van der Waals surface area contributed by atoms with E-state index in [9.17, 15) is 9.90 Å². The van der Waals surface area contributed by atoms with Gasteiger partial charge in [0.05, 0.1) is 5.25 Å². The third-order valence-corrected chi connectivity index (χ3v) is 3.65. The molecule has 0 saturated heterocycles. The highest BCUT2D eigenvalue weighted by Gasteiger charge is 2.13. The van der Waals surface area contributed by atoms with Gasteiger partial charge in [0.2, 0.25) is 5.91 Å².